The summed E-state index contributed by atoms with van der Waals surface area (Å²) in [5, 5.41) is 3.17. The summed E-state index contributed by atoms with van der Waals surface area (Å²) in [5.74, 6) is 0. The quantitative estimate of drug-likeness (QED) is 0.902. The number of hydrogen-bond donors (Lipinski definition) is 1. The number of thiophene rings is 1. The van der Waals surface area contributed by atoms with Gasteiger partial charge in [-0.05, 0) is 28.4 Å². The first-order valence-corrected chi connectivity index (χ1v) is 8.05. The fourth-order valence-corrected chi connectivity index (χ4v) is 4.76. The van der Waals surface area contributed by atoms with Crippen molar-refractivity contribution in [1.82, 2.24) is 0 Å². The Hall–Kier alpha value is 0.450. The van der Waals surface area contributed by atoms with Crippen LogP contribution in [0.1, 0.15) is 23.5 Å². The third-order valence-corrected chi connectivity index (χ3v) is 6.15. The third-order valence-electron chi connectivity index (χ3n) is 2.67. The zero-order valence-electron chi connectivity index (χ0n) is 9.19. The maximum absolute atomic E-state index is 6.22. The Kier molecular flexibility index (Phi) is 4.73. The third kappa shape index (κ3) is 3.01. The first-order valence-electron chi connectivity index (χ1n) is 5.43. The van der Waals surface area contributed by atoms with E-state index in [1.165, 1.54) is 4.88 Å². The molecule has 2 heterocycles. The zero-order chi connectivity index (χ0) is 11.5. The lowest BCUT2D eigenvalue weighted by Crippen LogP contribution is -2.34. The van der Waals surface area contributed by atoms with Crippen molar-refractivity contribution in [2.75, 3.05) is 13.2 Å². The van der Waals surface area contributed by atoms with Gasteiger partial charge in [0.1, 0.15) is 0 Å². The zero-order valence-corrected chi connectivity index (χ0v) is 12.4. The Morgan fingerprint density at radius 3 is 2.88 bits per heavy atom. The second-order valence-corrected chi connectivity index (χ2v) is 7.26. The van der Waals surface area contributed by atoms with Crippen molar-refractivity contribution < 1.29 is 4.74 Å². The van der Waals surface area contributed by atoms with Crippen LogP contribution in [0.15, 0.2) is 15.9 Å². The molecule has 16 heavy (non-hydrogen) atoms. The molecule has 2 N–H and O–H groups in total. The molecule has 5 heteroatoms. The molecule has 2 rings (SSSR count). The molecule has 2 atom stereocenters. The van der Waals surface area contributed by atoms with E-state index in [4.69, 9.17) is 10.5 Å². The predicted molar refractivity (Wildman–Crippen MR) is 75.2 cm³/mol. The number of nitrogens with two attached hydrogens (primary N) is 1. The molecule has 0 saturated carbocycles. The van der Waals surface area contributed by atoms with Gasteiger partial charge < -0.3 is 10.5 Å². The first kappa shape index (κ1) is 12.9. The van der Waals surface area contributed by atoms with Gasteiger partial charge in [-0.15, -0.1) is 23.1 Å². The van der Waals surface area contributed by atoms with Crippen LogP contribution in [0.25, 0.3) is 0 Å². The van der Waals surface area contributed by atoms with Gasteiger partial charge in [-0.3, -0.25) is 0 Å². The van der Waals surface area contributed by atoms with Crippen molar-refractivity contribution in [3.63, 3.8) is 0 Å². The van der Waals surface area contributed by atoms with Crippen molar-refractivity contribution in [3.05, 3.63) is 20.8 Å². The van der Waals surface area contributed by atoms with Gasteiger partial charge >= 0.3 is 0 Å². The minimum absolute atomic E-state index is 0.233. The van der Waals surface area contributed by atoms with Gasteiger partial charge in [-0.2, -0.15) is 0 Å². The Labute approximate surface area is 113 Å². The molecule has 2 nitrogen and oxygen atoms in total. The lowest BCUT2D eigenvalue weighted by Gasteiger charge is -2.31. The summed E-state index contributed by atoms with van der Waals surface area (Å²) < 4.78 is 6.38. The number of thioether (sulfide) groups is 1. The van der Waals surface area contributed by atoms with Crippen LogP contribution in [0.2, 0.25) is 0 Å². The summed E-state index contributed by atoms with van der Waals surface area (Å²) in [7, 11) is 0. The van der Waals surface area contributed by atoms with Crippen LogP contribution in [0.3, 0.4) is 0 Å². The Morgan fingerprint density at radius 1 is 1.69 bits per heavy atom. The molecule has 1 fully saturated rings. The van der Waals surface area contributed by atoms with Crippen LogP contribution >= 0.6 is 39.0 Å². The van der Waals surface area contributed by atoms with Gasteiger partial charge in [0.25, 0.3) is 0 Å². The van der Waals surface area contributed by atoms with Crippen LogP contribution in [0.5, 0.6) is 0 Å². The molecule has 1 aliphatic heterocycles. The second-order valence-electron chi connectivity index (χ2n) is 3.96. The van der Waals surface area contributed by atoms with Crippen LogP contribution in [0.4, 0.5) is 0 Å². The van der Waals surface area contributed by atoms with Crippen molar-refractivity contribution in [2.45, 2.75) is 29.9 Å². The van der Waals surface area contributed by atoms with E-state index in [0.717, 1.165) is 24.1 Å². The number of hydrogen-bond acceptors (Lipinski definition) is 4. The highest BCUT2D eigenvalue weighted by atomic mass is 79.9. The fraction of sp³-hybridized carbons (Fsp3) is 0.636. The SMILES string of the molecule is CCC(N)C(SC1COC1)c1cc(Br)cs1. The molecule has 0 radical (unpaired) electrons. The molecule has 0 aliphatic carbocycles. The number of rotatable bonds is 5. The number of ether oxygens (including phenoxy) is 1. The second kappa shape index (κ2) is 5.87. The Balaban J connectivity index is 2.06. The van der Waals surface area contributed by atoms with E-state index >= 15 is 0 Å². The lowest BCUT2D eigenvalue weighted by molar-refractivity contribution is 0.0452. The normalized spacial score (nSPS) is 20.4. The maximum Gasteiger partial charge on any atom is 0.0608 e. The Bertz CT molecular complexity index is 340. The van der Waals surface area contributed by atoms with Crippen molar-refractivity contribution in [1.29, 1.82) is 0 Å². The van der Waals surface area contributed by atoms with E-state index in [1.807, 2.05) is 11.8 Å². The summed E-state index contributed by atoms with van der Waals surface area (Å²) in [6, 6.07) is 2.42. The van der Waals surface area contributed by atoms with Crippen molar-refractivity contribution in [2.24, 2.45) is 5.73 Å². The van der Waals surface area contributed by atoms with Crippen LogP contribution in [-0.2, 0) is 4.74 Å². The molecule has 1 saturated heterocycles. The summed E-state index contributed by atoms with van der Waals surface area (Å²) in [5.41, 5.74) is 6.22. The van der Waals surface area contributed by atoms with Crippen LogP contribution < -0.4 is 5.73 Å². The van der Waals surface area contributed by atoms with E-state index in [9.17, 15) is 0 Å². The maximum atomic E-state index is 6.22. The van der Waals surface area contributed by atoms with Crippen LogP contribution in [-0.4, -0.2) is 24.5 Å². The average Bonchev–Trinajstić information content (AvgIpc) is 2.62. The van der Waals surface area contributed by atoms with Crippen LogP contribution in [0, 0.1) is 0 Å². The highest BCUT2D eigenvalue weighted by Gasteiger charge is 2.28. The molecule has 0 bridgehead atoms. The summed E-state index contributed by atoms with van der Waals surface area (Å²) in [4.78, 5) is 1.37. The molecule has 0 amide bonds. The summed E-state index contributed by atoms with van der Waals surface area (Å²) >= 11 is 7.26. The van der Waals surface area contributed by atoms with E-state index in [1.54, 1.807) is 11.3 Å². The van der Waals surface area contributed by atoms with E-state index in [0.29, 0.717) is 10.5 Å². The van der Waals surface area contributed by atoms with Gasteiger partial charge in [0.05, 0.1) is 23.7 Å². The minimum Gasteiger partial charge on any atom is -0.379 e. The molecule has 2 unspecified atom stereocenters. The molecule has 0 aromatic carbocycles. The molecular weight excluding hydrogens is 306 g/mol. The van der Waals surface area contributed by atoms with E-state index in [-0.39, 0.29) is 6.04 Å². The van der Waals surface area contributed by atoms with Crippen molar-refractivity contribution >= 4 is 39.0 Å². The lowest BCUT2D eigenvalue weighted by atomic mass is 10.1. The van der Waals surface area contributed by atoms with E-state index < -0.39 is 0 Å². The molecule has 90 valence electrons. The standard InChI is InChI=1S/C11H16BrNOS2/c1-2-9(13)11(16-8-4-14-5-8)10-3-7(12)6-15-10/h3,6,8-9,11H,2,4-5,13H2,1H3. The van der Waals surface area contributed by atoms with Gasteiger partial charge in [-0.25, -0.2) is 0 Å². The Morgan fingerprint density at radius 2 is 2.44 bits per heavy atom. The monoisotopic (exact) mass is 321 g/mol. The van der Waals surface area contributed by atoms with E-state index in [2.05, 4.69) is 34.3 Å². The average molecular weight is 322 g/mol. The molecule has 1 aromatic rings. The first-order chi connectivity index (χ1) is 7.70. The molecular formula is C11H16BrNOS2. The van der Waals surface area contributed by atoms with Gasteiger partial charge in [0.2, 0.25) is 0 Å². The molecule has 1 aromatic heterocycles. The fourth-order valence-electron chi connectivity index (χ4n) is 1.57. The molecule has 0 spiro atoms. The van der Waals surface area contributed by atoms with Crippen molar-refractivity contribution in [3.8, 4) is 0 Å². The summed E-state index contributed by atoms with van der Waals surface area (Å²) in [6.07, 6.45) is 1.01. The highest BCUT2D eigenvalue weighted by molar-refractivity contribution is 9.10. The molecule has 1 aliphatic rings. The number of halogens is 1. The van der Waals surface area contributed by atoms with Gasteiger partial charge in [0.15, 0.2) is 0 Å². The van der Waals surface area contributed by atoms with Gasteiger partial charge in [-0.1, -0.05) is 6.92 Å². The topological polar surface area (TPSA) is 35.2 Å². The van der Waals surface area contributed by atoms with Gasteiger partial charge in [0, 0.05) is 20.8 Å². The predicted octanol–water partition coefficient (Wildman–Crippen LogP) is 3.42. The minimum atomic E-state index is 0.233. The summed E-state index contributed by atoms with van der Waals surface area (Å²) in [6.45, 7) is 3.91. The smallest absolute Gasteiger partial charge is 0.0608 e. The highest BCUT2D eigenvalue weighted by Crippen LogP contribution is 2.41. The largest absolute Gasteiger partial charge is 0.379 e.